The molecule has 1 heterocycles. The van der Waals surface area contributed by atoms with Gasteiger partial charge in [0.2, 0.25) is 5.91 Å². The lowest BCUT2D eigenvalue weighted by molar-refractivity contribution is -0.138. The Kier molecular flexibility index (Phi) is 8.98. The summed E-state index contributed by atoms with van der Waals surface area (Å²) in [6.45, 7) is 0.579. The Hall–Kier alpha value is -4.59. The van der Waals surface area contributed by atoms with E-state index >= 15 is 0 Å². The number of carbonyl (C=O) groups is 3. The van der Waals surface area contributed by atoms with Gasteiger partial charge in [-0.05, 0) is 36.1 Å². The van der Waals surface area contributed by atoms with Gasteiger partial charge in [0.15, 0.2) is 0 Å². The SMILES string of the molecule is CN(NC1=C(C(=O)NCc2ccccc2)C(C(=O)NCc2ccccc2)N(C2CCCCC2)C1=O)c1ccccc1. The molecular formula is C33H37N5O3. The van der Waals surface area contributed by atoms with E-state index in [0.717, 1.165) is 48.9 Å². The molecule has 1 aliphatic carbocycles. The second-order valence-electron chi connectivity index (χ2n) is 10.6. The number of hydrogen-bond donors (Lipinski definition) is 3. The van der Waals surface area contributed by atoms with Crippen molar-refractivity contribution in [1.29, 1.82) is 0 Å². The van der Waals surface area contributed by atoms with Crippen LogP contribution >= 0.6 is 0 Å². The summed E-state index contributed by atoms with van der Waals surface area (Å²) < 4.78 is 0. The summed E-state index contributed by atoms with van der Waals surface area (Å²) in [5.41, 5.74) is 6.14. The highest BCUT2D eigenvalue weighted by molar-refractivity contribution is 6.14. The topological polar surface area (TPSA) is 93.8 Å². The summed E-state index contributed by atoms with van der Waals surface area (Å²) in [5.74, 6) is -1.13. The highest BCUT2D eigenvalue weighted by Gasteiger charge is 2.49. The molecule has 1 aliphatic heterocycles. The second kappa shape index (κ2) is 13.2. The van der Waals surface area contributed by atoms with Crippen molar-refractivity contribution in [2.75, 3.05) is 12.1 Å². The standard InChI is InChI=1S/C33H37N5O3/c1-37(26-18-10-4-11-19-26)36-29-28(31(39)34-22-24-14-6-2-7-15-24)30(32(40)35-23-25-16-8-3-9-17-25)38(33(29)41)27-20-12-5-13-21-27/h2-4,6-11,14-19,27,30,36H,5,12-13,20-23H2,1H3,(H,34,39)(H,35,40). The van der Waals surface area contributed by atoms with E-state index in [4.69, 9.17) is 0 Å². The number of para-hydroxylation sites is 1. The van der Waals surface area contributed by atoms with Crippen molar-refractivity contribution >= 4 is 23.4 Å². The first kappa shape index (κ1) is 28.0. The van der Waals surface area contributed by atoms with Gasteiger partial charge in [0, 0.05) is 26.2 Å². The van der Waals surface area contributed by atoms with E-state index in [1.807, 2.05) is 91.0 Å². The molecule has 0 spiro atoms. The molecule has 3 aromatic rings. The molecule has 3 aromatic carbocycles. The average Bonchev–Trinajstić information content (AvgIpc) is 3.32. The van der Waals surface area contributed by atoms with Gasteiger partial charge in [0.05, 0.1) is 11.3 Å². The Morgan fingerprint density at radius 1 is 0.780 bits per heavy atom. The lowest BCUT2D eigenvalue weighted by atomic mass is 9.93. The van der Waals surface area contributed by atoms with E-state index in [0.29, 0.717) is 6.54 Å². The molecule has 3 amide bonds. The van der Waals surface area contributed by atoms with Crippen LogP contribution in [0.25, 0.3) is 0 Å². The Labute approximate surface area is 241 Å². The quantitative estimate of drug-likeness (QED) is 0.331. The molecule has 1 saturated carbocycles. The predicted molar refractivity (Wildman–Crippen MR) is 159 cm³/mol. The maximum absolute atomic E-state index is 14.2. The molecule has 1 atom stereocenters. The summed E-state index contributed by atoms with van der Waals surface area (Å²) in [4.78, 5) is 43.7. The highest BCUT2D eigenvalue weighted by atomic mass is 16.2. The minimum atomic E-state index is -1.04. The molecule has 5 rings (SSSR count). The molecule has 8 heteroatoms. The molecule has 1 fully saturated rings. The number of anilines is 1. The molecule has 0 bridgehead atoms. The van der Waals surface area contributed by atoms with Gasteiger partial charge >= 0.3 is 0 Å². The maximum atomic E-state index is 14.2. The molecule has 212 valence electrons. The number of benzene rings is 3. The van der Waals surface area contributed by atoms with Gasteiger partial charge in [-0.1, -0.05) is 98.1 Å². The first-order valence-corrected chi connectivity index (χ1v) is 14.3. The number of nitrogens with zero attached hydrogens (tertiary/aromatic N) is 2. The third-order valence-corrected chi connectivity index (χ3v) is 7.76. The Bertz CT molecular complexity index is 1370. The van der Waals surface area contributed by atoms with Crippen LogP contribution in [-0.4, -0.2) is 41.8 Å². The maximum Gasteiger partial charge on any atom is 0.273 e. The molecule has 0 saturated heterocycles. The Morgan fingerprint density at radius 2 is 1.32 bits per heavy atom. The molecule has 0 radical (unpaired) electrons. The van der Waals surface area contributed by atoms with Crippen molar-refractivity contribution < 1.29 is 14.4 Å². The molecule has 41 heavy (non-hydrogen) atoms. The molecule has 0 aromatic heterocycles. The van der Waals surface area contributed by atoms with E-state index in [1.165, 1.54) is 0 Å². The minimum Gasteiger partial charge on any atom is -0.350 e. The lowest BCUT2D eigenvalue weighted by Crippen LogP contribution is -2.53. The van der Waals surface area contributed by atoms with Crippen molar-refractivity contribution in [1.82, 2.24) is 21.0 Å². The fourth-order valence-electron chi connectivity index (χ4n) is 5.62. The van der Waals surface area contributed by atoms with Crippen LogP contribution in [0.15, 0.2) is 102 Å². The zero-order valence-electron chi connectivity index (χ0n) is 23.4. The van der Waals surface area contributed by atoms with E-state index in [2.05, 4.69) is 16.1 Å². The van der Waals surface area contributed by atoms with Gasteiger partial charge in [0.25, 0.3) is 11.8 Å². The van der Waals surface area contributed by atoms with Crippen LogP contribution < -0.4 is 21.1 Å². The monoisotopic (exact) mass is 551 g/mol. The van der Waals surface area contributed by atoms with E-state index in [9.17, 15) is 14.4 Å². The van der Waals surface area contributed by atoms with E-state index in [-0.39, 0.29) is 35.7 Å². The summed E-state index contributed by atoms with van der Waals surface area (Å²) in [7, 11) is 1.79. The van der Waals surface area contributed by atoms with Crippen molar-refractivity contribution in [2.45, 2.75) is 57.3 Å². The summed E-state index contributed by atoms with van der Waals surface area (Å²) in [5, 5.41) is 7.69. The molecule has 8 nitrogen and oxygen atoms in total. The van der Waals surface area contributed by atoms with Crippen LogP contribution in [0.5, 0.6) is 0 Å². The number of hydrazine groups is 1. The third kappa shape index (κ3) is 6.60. The summed E-state index contributed by atoms with van der Waals surface area (Å²) >= 11 is 0. The van der Waals surface area contributed by atoms with Gasteiger partial charge in [-0.15, -0.1) is 0 Å². The minimum absolute atomic E-state index is 0.123. The number of hydrogen-bond acceptors (Lipinski definition) is 5. The third-order valence-electron chi connectivity index (χ3n) is 7.76. The van der Waals surface area contributed by atoms with Crippen LogP contribution in [0.1, 0.15) is 43.2 Å². The Morgan fingerprint density at radius 3 is 1.90 bits per heavy atom. The van der Waals surface area contributed by atoms with Crippen molar-refractivity contribution in [3.63, 3.8) is 0 Å². The number of nitrogens with one attached hydrogen (secondary N) is 3. The van der Waals surface area contributed by atoms with Crippen LogP contribution in [0.3, 0.4) is 0 Å². The first-order chi connectivity index (χ1) is 20.0. The van der Waals surface area contributed by atoms with Crippen molar-refractivity contribution in [2.24, 2.45) is 0 Å². The van der Waals surface area contributed by atoms with Crippen LogP contribution in [0.4, 0.5) is 5.69 Å². The number of carbonyl (C=O) groups excluding carboxylic acids is 3. The lowest BCUT2D eigenvalue weighted by Gasteiger charge is -2.36. The molecule has 2 aliphatic rings. The fraction of sp³-hybridized carbons (Fsp3) is 0.303. The van der Waals surface area contributed by atoms with Gasteiger partial charge < -0.3 is 15.5 Å². The van der Waals surface area contributed by atoms with Crippen molar-refractivity contribution in [3.8, 4) is 0 Å². The van der Waals surface area contributed by atoms with Gasteiger partial charge in [-0.3, -0.25) is 24.8 Å². The van der Waals surface area contributed by atoms with Crippen LogP contribution in [0, 0.1) is 0 Å². The van der Waals surface area contributed by atoms with Gasteiger partial charge in [-0.25, -0.2) is 0 Å². The zero-order chi connectivity index (χ0) is 28.6. The smallest absolute Gasteiger partial charge is 0.273 e. The van der Waals surface area contributed by atoms with E-state index < -0.39 is 11.9 Å². The average molecular weight is 552 g/mol. The largest absolute Gasteiger partial charge is 0.350 e. The predicted octanol–water partition coefficient (Wildman–Crippen LogP) is 4.06. The second-order valence-corrected chi connectivity index (χ2v) is 10.6. The van der Waals surface area contributed by atoms with Gasteiger partial charge in [0.1, 0.15) is 11.7 Å². The van der Waals surface area contributed by atoms with E-state index in [1.54, 1.807) is 17.0 Å². The van der Waals surface area contributed by atoms with Crippen LogP contribution in [-0.2, 0) is 27.5 Å². The summed E-state index contributed by atoms with van der Waals surface area (Å²) in [6, 6.07) is 27.6. The first-order valence-electron chi connectivity index (χ1n) is 14.3. The molecule has 1 unspecified atom stereocenters. The van der Waals surface area contributed by atoms with Crippen molar-refractivity contribution in [3.05, 3.63) is 113 Å². The zero-order valence-corrected chi connectivity index (χ0v) is 23.4. The normalized spacial score (nSPS) is 17.3. The highest BCUT2D eigenvalue weighted by Crippen LogP contribution is 2.34. The van der Waals surface area contributed by atoms with Gasteiger partial charge in [-0.2, -0.15) is 0 Å². The number of rotatable bonds is 10. The molecule has 3 N–H and O–H groups in total. The van der Waals surface area contributed by atoms with Crippen LogP contribution in [0.2, 0.25) is 0 Å². The fourth-order valence-corrected chi connectivity index (χ4v) is 5.62. The Balaban J connectivity index is 1.50. The number of amides is 3. The summed E-state index contributed by atoms with van der Waals surface area (Å²) in [6.07, 6.45) is 4.66. The molecular weight excluding hydrogens is 514 g/mol.